The number of nitrogens with one attached hydrogen (secondary N) is 1. The molecule has 4 rings (SSSR count). The minimum Gasteiger partial charge on any atom is -0.497 e. The van der Waals surface area contributed by atoms with Crippen LogP contribution >= 0.6 is 11.6 Å². The number of aryl methyl sites for hydroxylation is 1. The van der Waals surface area contributed by atoms with Crippen molar-refractivity contribution in [3.8, 4) is 5.75 Å². The van der Waals surface area contributed by atoms with Gasteiger partial charge >= 0.3 is 0 Å². The summed E-state index contributed by atoms with van der Waals surface area (Å²) >= 11 is 6.04. The number of rotatable bonds is 6. The summed E-state index contributed by atoms with van der Waals surface area (Å²) in [5.41, 5.74) is 3.05. The number of benzene rings is 2. The predicted octanol–water partition coefficient (Wildman–Crippen LogP) is 3.92. The number of nitrogens with zero attached hydrogens (tertiary/aromatic N) is 3. The Morgan fingerprint density at radius 3 is 2.57 bits per heavy atom. The number of aliphatic hydroxyl groups is 1. The molecule has 0 aliphatic carbocycles. The first-order chi connectivity index (χ1) is 13.7. The topological polar surface area (TPSA) is 72.2 Å². The Bertz CT molecular complexity index is 981. The van der Waals surface area contributed by atoms with E-state index in [1.807, 2.05) is 53.2 Å². The van der Waals surface area contributed by atoms with Gasteiger partial charge in [0, 0.05) is 23.7 Å². The van der Waals surface area contributed by atoms with Crippen molar-refractivity contribution in [2.45, 2.75) is 18.9 Å². The maximum Gasteiger partial charge on any atom is 0.226 e. The van der Waals surface area contributed by atoms with Gasteiger partial charge in [-0.3, -0.25) is 0 Å². The van der Waals surface area contributed by atoms with Crippen molar-refractivity contribution in [3.05, 3.63) is 76.6 Å². The number of hydrogen-bond donors (Lipinski definition) is 2. The molecule has 0 saturated heterocycles. The predicted molar refractivity (Wildman–Crippen MR) is 110 cm³/mol. The van der Waals surface area contributed by atoms with Gasteiger partial charge in [-0.25, -0.2) is 4.68 Å². The molecule has 28 heavy (non-hydrogen) atoms. The third-order valence-corrected chi connectivity index (χ3v) is 4.93. The molecule has 0 bridgehead atoms. The van der Waals surface area contributed by atoms with E-state index in [9.17, 15) is 0 Å². The second-order valence-corrected chi connectivity index (χ2v) is 6.99. The van der Waals surface area contributed by atoms with Crippen molar-refractivity contribution in [1.82, 2.24) is 14.8 Å². The Morgan fingerprint density at radius 2 is 1.89 bits per heavy atom. The molecule has 1 atom stereocenters. The highest BCUT2D eigenvalue weighted by Crippen LogP contribution is 2.33. The maximum absolute atomic E-state index is 9.11. The quantitative estimate of drug-likeness (QED) is 0.660. The zero-order chi connectivity index (χ0) is 19.5. The zero-order valence-electron chi connectivity index (χ0n) is 15.5. The molecule has 0 fully saturated rings. The number of aliphatic hydroxyl groups excluding tert-OH is 1. The molecule has 2 aromatic carbocycles. The van der Waals surface area contributed by atoms with Gasteiger partial charge in [-0.1, -0.05) is 35.9 Å². The smallest absolute Gasteiger partial charge is 0.226 e. The van der Waals surface area contributed by atoms with Gasteiger partial charge in [0.1, 0.15) is 11.8 Å². The highest BCUT2D eigenvalue weighted by Gasteiger charge is 2.25. The van der Waals surface area contributed by atoms with E-state index in [1.54, 1.807) is 7.11 Å². The second kappa shape index (κ2) is 8.04. The van der Waals surface area contributed by atoms with Crippen LogP contribution in [0, 0.1) is 0 Å². The Morgan fingerprint density at radius 1 is 1.14 bits per heavy atom. The summed E-state index contributed by atoms with van der Waals surface area (Å²) in [5.74, 6) is 2.20. The third kappa shape index (κ3) is 3.74. The fourth-order valence-corrected chi connectivity index (χ4v) is 3.34. The van der Waals surface area contributed by atoms with E-state index < -0.39 is 0 Å². The molecule has 0 unspecified atom stereocenters. The van der Waals surface area contributed by atoms with E-state index >= 15 is 0 Å². The Kier molecular flexibility index (Phi) is 5.32. The van der Waals surface area contributed by atoms with Crippen molar-refractivity contribution in [3.63, 3.8) is 0 Å². The summed E-state index contributed by atoms with van der Waals surface area (Å²) in [6, 6.07) is 15.5. The number of anilines is 1. The lowest BCUT2D eigenvalue weighted by atomic mass is 10.0. The van der Waals surface area contributed by atoms with Crippen molar-refractivity contribution in [2.75, 3.05) is 19.0 Å². The fourth-order valence-electron chi connectivity index (χ4n) is 3.22. The highest BCUT2D eigenvalue weighted by atomic mass is 35.5. The lowest BCUT2D eigenvalue weighted by molar-refractivity contribution is 0.287. The zero-order valence-corrected chi connectivity index (χ0v) is 16.2. The number of ether oxygens (including phenoxy) is 1. The van der Waals surface area contributed by atoms with Crippen molar-refractivity contribution >= 4 is 23.2 Å². The van der Waals surface area contributed by atoms with Gasteiger partial charge in [-0.05, 0) is 47.9 Å². The van der Waals surface area contributed by atoms with Crippen molar-refractivity contribution in [2.24, 2.45) is 0 Å². The van der Waals surface area contributed by atoms with Gasteiger partial charge < -0.3 is 15.2 Å². The summed E-state index contributed by atoms with van der Waals surface area (Å²) < 4.78 is 7.16. The molecular weight excluding hydrogens is 376 g/mol. The van der Waals surface area contributed by atoms with Crippen LogP contribution in [0.2, 0.25) is 5.02 Å². The monoisotopic (exact) mass is 396 g/mol. The van der Waals surface area contributed by atoms with E-state index in [4.69, 9.17) is 21.4 Å². The molecule has 0 amide bonds. The van der Waals surface area contributed by atoms with Crippen LogP contribution in [-0.2, 0) is 6.42 Å². The Balaban J connectivity index is 1.75. The van der Waals surface area contributed by atoms with E-state index in [0.29, 0.717) is 29.6 Å². The van der Waals surface area contributed by atoms with E-state index in [0.717, 1.165) is 22.6 Å². The van der Waals surface area contributed by atoms with E-state index in [2.05, 4.69) is 21.5 Å². The summed E-state index contributed by atoms with van der Waals surface area (Å²) in [5, 5.41) is 17.8. The molecule has 1 aliphatic heterocycles. The molecule has 6 nitrogen and oxygen atoms in total. The Hall–Kier alpha value is -2.83. The molecule has 144 valence electrons. The lowest BCUT2D eigenvalue weighted by Gasteiger charge is -2.24. The molecular formula is C21H21ClN4O2. The van der Waals surface area contributed by atoms with Crippen LogP contribution in [0.15, 0.2) is 54.6 Å². The second-order valence-electron chi connectivity index (χ2n) is 6.55. The van der Waals surface area contributed by atoms with Gasteiger partial charge in [0.15, 0.2) is 5.82 Å². The first kappa shape index (κ1) is 18.5. The molecule has 1 aliphatic rings. The lowest BCUT2D eigenvalue weighted by Crippen LogP contribution is -2.20. The van der Waals surface area contributed by atoms with Crippen LogP contribution in [0.5, 0.6) is 5.75 Å². The molecule has 1 aromatic heterocycles. The minimum atomic E-state index is -0.108. The van der Waals surface area contributed by atoms with Crippen LogP contribution < -0.4 is 10.1 Å². The summed E-state index contributed by atoms with van der Waals surface area (Å²) in [6.07, 6.45) is 3.39. The van der Waals surface area contributed by atoms with Gasteiger partial charge in [-0.2, -0.15) is 10.1 Å². The van der Waals surface area contributed by atoms with E-state index in [-0.39, 0.29) is 12.6 Å². The van der Waals surface area contributed by atoms with Gasteiger partial charge in [0.2, 0.25) is 5.95 Å². The average molecular weight is 397 g/mol. The van der Waals surface area contributed by atoms with E-state index in [1.165, 1.54) is 0 Å². The normalized spacial score (nSPS) is 15.5. The number of hydrogen-bond acceptors (Lipinski definition) is 5. The standard InChI is InChI=1S/C21H21ClN4O2/c1-28-17-10-6-15(7-11-17)19-13-18(14-4-8-16(22)9-5-14)23-21-24-20(3-2-12-27)25-26(19)21/h4-11,13,19,27H,2-3,12H2,1H3,(H,23,24,25)/t19-/m1/s1. The Labute approximate surface area is 168 Å². The molecule has 2 N–H and O–H groups in total. The molecule has 2 heterocycles. The SMILES string of the molecule is COc1ccc([C@H]2C=C(c3ccc(Cl)cc3)Nc3nc(CCCO)nn32)cc1. The fraction of sp³-hybridized carbons (Fsp3) is 0.238. The summed E-state index contributed by atoms with van der Waals surface area (Å²) in [7, 11) is 1.65. The molecule has 7 heteroatoms. The average Bonchev–Trinajstić information content (AvgIpc) is 3.15. The van der Waals surface area contributed by atoms with Gasteiger partial charge in [-0.15, -0.1) is 0 Å². The largest absolute Gasteiger partial charge is 0.497 e. The number of aromatic nitrogens is 3. The molecule has 0 radical (unpaired) electrons. The van der Waals surface area contributed by atoms with Gasteiger partial charge in [0.05, 0.1) is 7.11 Å². The molecule has 3 aromatic rings. The van der Waals surface area contributed by atoms with Crippen LogP contribution in [0.4, 0.5) is 5.95 Å². The van der Waals surface area contributed by atoms with Gasteiger partial charge in [0.25, 0.3) is 0 Å². The third-order valence-electron chi connectivity index (χ3n) is 4.68. The first-order valence-corrected chi connectivity index (χ1v) is 9.51. The van der Waals surface area contributed by atoms with Crippen molar-refractivity contribution < 1.29 is 9.84 Å². The van der Waals surface area contributed by atoms with Crippen LogP contribution in [0.25, 0.3) is 5.70 Å². The highest BCUT2D eigenvalue weighted by molar-refractivity contribution is 6.30. The maximum atomic E-state index is 9.11. The number of allylic oxidation sites excluding steroid dienone is 1. The summed E-state index contributed by atoms with van der Waals surface area (Å²) in [6.45, 7) is 0.119. The van der Waals surface area contributed by atoms with Crippen molar-refractivity contribution in [1.29, 1.82) is 0 Å². The summed E-state index contributed by atoms with van der Waals surface area (Å²) in [4.78, 5) is 4.63. The molecule has 0 saturated carbocycles. The number of methoxy groups -OCH3 is 1. The first-order valence-electron chi connectivity index (χ1n) is 9.13. The van der Waals surface area contributed by atoms with Crippen LogP contribution in [0.1, 0.15) is 29.4 Å². The number of halogens is 1. The minimum absolute atomic E-state index is 0.108. The number of fused-ring (bicyclic) bond motifs is 1. The van der Waals surface area contributed by atoms with Crippen LogP contribution in [-0.4, -0.2) is 33.6 Å². The molecule has 0 spiro atoms. The van der Waals surface area contributed by atoms with Crippen LogP contribution in [0.3, 0.4) is 0 Å².